The standard InChI is InChI=1S/C24H30N2O4.ClH/c1-5-29-24(28)23-17(4)26(18-9-7-6-8-10-18)22-12-11-20(13-21(22)23)30-15-19(27)14-25-16(2)3;/h6-13,16,19,25,27H,5,14-15H2,1-4H3;1H. The van der Waals surface area contributed by atoms with Crippen molar-refractivity contribution >= 4 is 29.3 Å². The van der Waals surface area contributed by atoms with E-state index in [-0.39, 0.29) is 25.0 Å². The summed E-state index contributed by atoms with van der Waals surface area (Å²) in [7, 11) is 0. The largest absolute Gasteiger partial charge is 0.491 e. The van der Waals surface area contributed by atoms with Gasteiger partial charge >= 0.3 is 5.97 Å². The number of nitrogens with zero attached hydrogens (tertiary/aromatic N) is 1. The summed E-state index contributed by atoms with van der Waals surface area (Å²) in [6.07, 6.45) is -0.622. The van der Waals surface area contributed by atoms with Crippen molar-refractivity contribution in [1.29, 1.82) is 0 Å². The number of rotatable bonds is 9. The number of carbonyl (C=O) groups is 1. The van der Waals surface area contributed by atoms with E-state index in [0.717, 1.165) is 22.3 Å². The first kappa shape index (κ1) is 24.7. The summed E-state index contributed by atoms with van der Waals surface area (Å²) in [6.45, 7) is 8.69. The summed E-state index contributed by atoms with van der Waals surface area (Å²) in [4.78, 5) is 12.7. The molecule has 3 aromatic rings. The van der Waals surface area contributed by atoms with E-state index in [1.165, 1.54) is 0 Å². The smallest absolute Gasteiger partial charge is 0.340 e. The van der Waals surface area contributed by atoms with Crippen LogP contribution in [0.4, 0.5) is 0 Å². The summed E-state index contributed by atoms with van der Waals surface area (Å²) in [5, 5.41) is 14.1. The molecule has 0 saturated carbocycles. The lowest BCUT2D eigenvalue weighted by atomic mass is 10.1. The van der Waals surface area contributed by atoms with Crippen LogP contribution in [0.1, 0.15) is 36.8 Å². The highest BCUT2D eigenvalue weighted by atomic mass is 35.5. The normalized spacial score (nSPS) is 11.9. The maximum atomic E-state index is 12.7. The molecule has 1 aromatic heterocycles. The Bertz CT molecular complexity index is 1000. The maximum Gasteiger partial charge on any atom is 0.340 e. The van der Waals surface area contributed by atoms with E-state index in [0.29, 0.717) is 30.5 Å². The molecule has 2 aromatic carbocycles. The minimum absolute atomic E-state index is 0. The van der Waals surface area contributed by atoms with E-state index in [1.54, 1.807) is 6.92 Å². The number of aliphatic hydroxyl groups excluding tert-OH is 1. The fraction of sp³-hybridized carbons (Fsp3) is 0.375. The van der Waals surface area contributed by atoms with Gasteiger partial charge in [0.15, 0.2) is 0 Å². The van der Waals surface area contributed by atoms with Crippen LogP contribution in [0.5, 0.6) is 5.75 Å². The van der Waals surface area contributed by atoms with Gasteiger partial charge in [-0.1, -0.05) is 32.0 Å². The summed E-state index contributed by atoms with van der Waals surface area (Å²) in [6, 6.07) is 15.8. The first-order valence-electron chi connectivity index (χ1n) is 10.3. The number of ether oxygens (including phenoxy) is 2. The van der Waals surface area contributed by atoms with E-state index in [1.807, 2.05) is 73.9 Å². The molecule has 3 rings (SSSR count). The van der Waals surface area contributed by atoms with Crippen molar-refractivity contribution in [1.82, 2.24) is 9.88 Å². The summed E-state index contributed by atoms with van der Waals surface area (Å²) >= 11 is 0. The van der Waals surface area contributed by atoms with E-state index < -0.39 is 6.10 Å². The average Bonchev–Trinajstić information content (AvgIpc) is 3.02. The molecule has 0 aliphatic heterocycles. The van der Waals surface area contributed by atoms with E-state index in [2.05, 4.69) is 5.32 Å². The highest BCUT2D eigenvalue weighted by Crippen LogP contribution is 2.32. The van der Waals surface area contributed by atoms with Crippen LogP contribution in [0.25, 0.3) is 16.6 Å². The van der Waals surface area contributed by atoms with Crippen molar-refractivity contribution in [2.45, 2.75) is 39.8 Å². The SMILES string of the molecule is CCOC(=O)c1c(C)n(-c2ccccc2)c2ccc(OCC(O)CNC(C)C)cc12.Cl. The van der Waals surface area contributed by atoms with Crippen LogP contribution in [-0.4, -0.2) is 47.5 Å². The Balaban J connectivity index is 0.00000341. The zero-order valence-corrected chi connectivity index (χ0v) is 19.2. The highest BCUT2D eigenvalue weighted by molar-refractivity contribution is 6.07. The molecule has 6 nitrogen and oxygen atoms in total. The number of fused-ring (bicyclic) bond motifs is 1. The fourth-order valence-corrected chi connectivity index (χ4v) is 3.48. The minimum atomic E-state index is -0.622. The number of benzene rings is 2. The van der Waals surface area contributed by atoms with Crippen LogP contribution < -0.4 is 10.1 Å². The van der Waals surface area contributed by atoms with Crippen LogP contribution in [0.3, 0.4) is 0 Å². The molecule has 0 radical (unpaired) electrons. The van der Waals surface area contributed by atoms with Gasteiger partial charge in [-0.2, -0.15) is 0 Å². The Labute approximate surface area is 189 Å². The molecule has 1 unspecified atom stereocenters. The third-order valence-corrected chi connectivity index (χ3v) is 4.87. The lowest BCUT2D eigenvalue weighted by molar-refractivity contribution is 0.0527. The van der Waals surface area contributed by atoms with E-state index in [4.69, 9.17) is 9.47 Å². The molecule has 7 heteroatoms. The van der Waals surface area contributed by atoms with Gasteiger partial charge in [0.1, 0.15) is 18.5 Å². The van der Waals surface area contributed by atoms with Crippen LogP contribution in [-0.2, 0) is 4.74 Å². The second kappa shape index (κ2) is 11.2. The van der Waals surface area contributed by atoms with Crippen molar-refractivity contribution in [3.05, 3.63) is 59.8 Å². The molecule has 0 amide bonds. The van der Waals surface area contributed by atoms with Gasteiger partial charge < -0.3 is 24.5 Å². The number of esters is 1. The molecular weight excluding hydrogens is 416 g/mol. The molecule has 2 N–H and O–H groups in total. The number of aromatic nitrogens is 1. The Morgan fingerprint density at radius 3 is 2.52 bits per heavy atom. The van der Waals surface area contributed by atoms with Crippen LogP contribution >= 0.6 is 12.4 Å². The first-order valence-corrected chi connectivity index (χ1v) is 10.3. The van der Waals surface area contributed by atoms with Crippen molar-refractivity contribution in [3.63, 3.8) is 0 Å². The summed E-state index contributed by atoms with van der Waals surface area (Å²) in [5.74, 6) is 0.245. The topological polar surface area (TPSA) is 72.7 Å². The molecule has 0 aliphatic carbocycles. The van der Waals surface area contributed by atoms with Gasteiger partial charge in [0.25, 0.3) is 0 Å². The van der Waals surface area contributed by atoms with E-state index >= 15 is 0 Å². The number of para-hydroxylation sites is 1. The summed E-state index contributed by atoms with van der Waals surface area (Å²) < 4.78 is 13.2. The fourth-order valence-electron chi connectivity index (χ4n) is 3.48. The molecule has 0 aliphatic rings. The Morgan fingerprint density at radius 2 is 1.87 bits per heavy atom. The molecule has 0 fully saturated rings. The molecule has 1 atom stereocenters. The van der Waals surface area contributed by atoms with Crippen molar-refractivity contribution in [2.24, 2.45) is 0 Å². The molecule has 0 spiro atoms. The van der Waals surface area contributed by atoms with Gasteiger partial charge in [0, 0.05) is 29.4 Å². The number of nitrogens with one attached hydrogen (secondary N) is 1. The highest BCUT2D eigenvalue weighted by Gasteiger charge is 2.22. The molecule has 168 valence electrons. The molecule has 0 bridgehead atoms. The Hall–Kier alpha value is -2.54. The first-order chi connectivity index (χ1) is 14.4. The second-order valence-corrected chi connectivity index (χ2v) is 7.56. The van der Waals surface area contributed by atoms with Crippen molar-refractivity contribution < 1.29 is 19.4 Å². The number of hydrogen-bond acceptors (Lipinski definition) is 5. The van der Waals surface area contributed by atoms with Crippen LogP contribution in [0, 0.1) is 6.92 Å². The minimum Gasteiger partial charge on any atom is -0.491 e. The third-order valence-electron chi connectivity index (χ3n) is 4.87. The Kier molecular flexibility index (Phi) is 8.92. The van der Waals surface area contributed by atoms with Gasteiger partial charge in [-0.3, -0.25) is 0 Å². The number of hydrogen-bond donors (Lipinski definition) is 2. The molecular formula is C24H31ClN2O4. The number of carbonyl (C=O) groups excluding carboxylic acids is 1. The number of aliphatic hydroxyl groups is 1. The second-order valence-electron chi connectivity index (χ2n) is 7.56. The quantitative estimate of drug-likeness (QED) is 0.480. The van der Waals surface area contributed by atoms with Crippen molar-refractivity contribution in [3.8, 4) is 11.4 Å². The molecule has 31 heavy (non-hydrogen) atoms. The van der Waals surface area contributed by atoms with E-state index in [9.17, 15) is 9.90 Å². The predicted octanol–water partition coefficient (Wildman–Crippen LogP) is 4.28. The number of halogens is 1. The van der Waals surface area contributed by atoms with Gasteiger partial charge in [0.05, 0.1) is 17.7 Å². The van der Waals surface area contributed by atoms with Gasteiger partial charge in [0.2, 0.25) is 0 Å². The van der Waals surface area contributed by atoms with Gasteiger partial charge in [-0.25, -0.2) is 4.79 Å². The zero-order valence-electron chi connectivity index (χ0n) is 18.4. The third kappa shape index (κ3) is 5.79. The zero-order chi connectivity index (χ0) is 21.7. The van der Waals surface area contributed by atoms with Gasteiger partial charge in [-0.05, 0) is 44.2 Å². The predicted molar refractivity (Wildman–Crippen MR) is 126 cm³/mol. The Morgan fingerprint density at radius 1 is 1.16 bits per heavy atom. The van der Waals surface area contributed by atoms with Crippen LogP contribution in [0.15, 0.2) is 48.5 Å². The van der Waals surface area contributed by atoms with Gasteiger partial charge in [-0.15, -0.1) is 12.4 Å². The lowest BCUT2D eigenvalue weighted by Crippen LogP contribution is -2.35. The lowest BCUT2D eigenvalue weighted by Gasteiger charge is -2.15. The molecule has 0 saturated heterocycles. The average molecular weight is 447 g/mol. The molecule has 1 heterocycles. The van der Waals surface area contributed by atoms with Crippen molar-refractivity contribution in [2.75, 3.05) is 19.8 Å². The summed E-state index contributed by atoms with van der Waals surface area (Å²) in [5.41, 5.74) is 3.21. The monoisotopic (exact) mass is 446 g/mol. The maximum absolute atomic E-state index is 12.7. The van der Waals surface area contributed by atoms with Crippen LogP contribution in [0.2, 0.25) is 0 Å².